The second-order valence-corrected chi connectivity index (χ2v) is 3.10. The Balaban J connectivity index is 0. The molecule has 0 aromatic heterocycles. The van der Waals surface area contributed by atoms with Gasteiger partial charge in [0, 0.05) is 6.54 Å². The van der Waals surface area contributed by atoms with Gasteiger partial charge in [-0.25, -0.2) is 0 Å². The van der Waals surface area contributed by atoms with Crippen LogP contribution in [0.2, 0.25) is 0 Å². The zero-order chi connectivity index (χ0) is 13.4. The first kappa shape index (κ1) is 17.9. The van der Waals surface area contributed by atoms with Crippen molar-refractivity contribution in [2.45, 2.75) is 26.7 Å². The first-order chi connectivity index (χ1) is 8.22. The lowest BCUT2D eigenvalue weighted by molar-refractivity contribution is -0.115. The fraction of sp³-hybridized carbons (Fsp3) is 0.615. The maximum Gasteiger partial charge on any atom is 0.295 e. The summed E-state index contributed by atoms with van der Waals surface area (Å²) in [5, 5.41) is 2.59. The molecular weight excluding hydrogens is 216 g/mol. The van der Waals surface area contributed by atoms with Crippen LogP contribution in [0, 0.1) is 24.2 Å². The highest BCUT2D eigenvalue weighted by Gasteiger charge is 1.91. The molecular formula is C13H22N2O2. The average molecular weight is 238 g/mol. The quantitative estimate of drug-likeness (QED) is 0.542. The van der Waals surface area contributed by atoms with Crippen LogP contribution >= 0.6 is 0 Å². The number of terminal acetylenes is 1. The molecule has 0 atom stereocenters. The molecule has 0 aliphatic heterocycles. The number of rotatable bonds is 5. The molecule has 17 heavy (non-hydrogen) atoms. The third kappa shape index (κ3) is 20.6. The highest BCUT2D eigenvalue weighted by molar-refractivity contribution is 5.93. The number of hydrogen-bond donors (Lipinski definition) is 2. The summed E-state index contributed by atoms with van der Waals surface area (Å²) in [6, 6.07) is 0. The van der Waals surface area contributed by atoms with E-state index in [-0.39, 0.29) is 19.1 Å². The van der Waals surface area contributed by atoms with E-state index in [0.717, 1.165) is 6.42 Å². The summed E-state index contributed by atoms with van der Waals surface area (Å²) in [5.74, 6) is 6.88. The van der Waals surface area contributed by atoms with E-state index >= 15 is 0 Å². The molecule has 3 N–H and O–H groups in total. The SMILES string of the molecule is C#CCOCC#CC(=O)NCCCN.CCC. The van der Waals surface area contributed by atoms with Crippen LogP contribution in [0.1, 0.15) is 26.7 Å². The Bertz CT molecular complexity index is 271. The summed E-state index contributed by atoms with van der Waals surface area (Å²) in [7, 11) is 0. The van der Waals surface area contributed by atoms with Crippen LogP contribution in [0.5, 0.6) is 0 Å². The highest BCUT2D eigenvalue weighted by atomic mass is 16.5. The van der Waals surface area contributed by atoms with Gasteiger partial charge in [-0.15, -0.1) is 6.42 Å². The number of carbonyl (C=O) groups is 1. The van der Waals surface area contributed by atoms with E-state index in [2.05, 4.69) is 36.9 Å². The van der Waals surface area contributed by atoms with Gasteiger partial charge in [-0.3, -0.25) is 4.79 Å². The Labute approximate surface area is 104 Å². The van der Waals surface area contributed by atoms with Gasteiger partial charge in [0.25, 0.3) is 5.91 Å². The van der Waals surface area contributed by atoms with Gasteiger partial charge in [0.1, 0.15) is 13.2 Å². The lowest BCUT2D eigenvalue weighted by Gasteiger charge is -1.96. The molecule has 4 nitrogen and oxygen atoms in total. The van der Waals surface area contributed by atoms with E-state index in [4.69, 9.17) is 16.9 Å². The molecule has 0 aromatic rings. The van der Waals surface area contributed by atoms with E-state index in [1.165, 1.54) is 6.42 Å². The van der Waals surface area contributed by atoms with Gasteiger partial charge in [-0.1, -0.05) is 32.1 Å². The molecule has 0 bridgehead atoms. The molecule has 0 saturated carbocycles. The number of nitrogens with one attached hydrogen (secondary N) is 1. The zero-order valence-electron chi connectivity index (χ0n) is 10.7. The molecule has 0 aliphatic rings. The summed E-state index contributed by atoms with van der Waals surface area (Å²) in [6.07, 6.45) is 6.94. The number of carbonyl (C=O) groups excluding carboxylic acids is 1. The highest BCUT2D eigenvalue weighted by Crippen LogP contribution is 1.72. The molecule has 0 rings (SSSR count). The Morgan fingerprint density at radius 1 is 1.41 bits per heavy atom. The van der Waals surface area contributed by atoms with Crippen molar-refractivity contribution in [3.63, 3.8) is 0 Å². The second kappa shape index (κ2) is 16.9. The predicted octanol–water partition coefficient (Wildman–Crippen LogP) is 0.521. The minimum atomic E-state index is -0.317. The summed E-state index contributed by atoms with van der Waals surface area (Å²) < 4.78 is 4.85. The molecule has 0 heterocycles. The van der Waals surface area contributed by atoms with Gasteiger partial charge in [-0.2, -0.15) is 0 Å². The van der Waals surface area contributed by atoms with Crippen LogP contribution in [-0.4, -0.2) is 32.2 Å². The van der Waals surface area contributed by atoms with Crippen molar-refractivity contribution in [1.29, 1.82) is 0 Å². The minimum absolute atomic E-state index is 0.175. The van der Waals surface area contributed by atoms with Crippen LogP contribution in [0.4, 0.5) is 0 Å². The minimum Gasteiger partial charge on any atom is -0.356 e. The van der Waals surface area contributed by atoms with Crippen molar-refractivity contribution in [3.05, 3.63) is 0 Å². The van der Waals surface area contributed by atoms with Crippen molar-refractivity contribution in [3.8, 4) is 24.2 Å². The Morgan fingerprint density at radius 2 is 2.06 bits per heavy atom. The van der Waals surface area contributed by atoms with Gasteiger partial charge in [0.15, 0.2) is 0 Å². The van der Waals surface area contributed by atoms with Crippen molar-refractivity contribution >= 4 is 5.91 Å². The van der Waals surface area contributed by atoms with Gasteiger partial charge < -0.3 is 15.8 Å². The van der Waals surface area contributed by atoms with Gasteiger partial charge in [0.05, 0.1) is 0 Å². The van der Waals surface area contributed by atoms with E-state index in [9.17, 15) is 4.79 Å². The molecule has 0 spiro atoms. The van der Waals surface area contributed by atoms with E-state index in [1.54, 1.807) is 0 Å². The molecule has 0 unspecified atom stereocenters. The molecule has 0 aliphatic carbocycles. The molecule has 0 radical (unpaired) electrons. The third-order valence-electron chi connectivity index (χ3n) is 1.23. The smallest absolute Gasteiger partial charge is 0.295 e. The molecule has 4 heteroatoms. The Hall–Kier alpha value is -1.49. The molecule has 0 aromatic carbocycles. The molecule has 0 fully saturated rings. The fourth-order valence-electron chi connectivity index (χ4n) is 0.626. The maximum absolute atomic E-state index is 10.9. The van der Waals surface area contributed by atoms with E-state index in [0.29, 0.717) is 13.1 Å². The predicted molar refractivity (Wildman–Crippen MR) is 70.1 cm³/mol. The Kier molecular flexibility index (Phi) is 17.8. The van der Waals surface area contributed by atoms with Crippen LogP contribution in [0.25, 0.3) is 0 Å². The van der Waals surface area contributed by atoms with E-state index in [1.807, 2.05) is 0 Å². The monoisotopic (exact) mass is 238 g/mol. The molecule has 1 amide bonds. The summed E-state index contributed by atoms with van der Waals surface area (Å²) >= 11 is 0. The van der Waals surface area contributed by atoms with Gasteiger partial charge in [0.2, 0.25) is 0 Å². The van der Waals surface area contributed by atoms with Crippen LogP contribution in [-0.2, 0) is 9.53 Å². The number of amides is 1. The maximum atomic E-state index is 10.9. The van der Waals surface area contributed by atoms with Crippen LogP contribution in [0.15, 0.2) is 0 Å². The number of ether oxygens (including phenoxy) is 1. The summed E-state index contributed by atoms with van der Waals surface area (Å²) in [4.78, 5) is 10.9. The standard InChI is InChI=1S/C10H14N2O2.C3H8/c1-2-8-14-9-3-5-10(13)12-7-4-6-11;1-3-2/h1H,4,6-9,11H2,(H,12,13);3H2,1-2H3. The van der Waals surface area contributed by atoms with E-state index < -0.39 is 0 Å². The number of hydrogen-bond acceptors (Lipinski definition) is 3. The van der Waals surface area contributed by atoms with Crippen molar-refractivity contribution in [2.75, 3.05) is 26.3 Å². The largest absolute Gasteiger partial charge is 0.356 e. The fourth-order valence-corrected chi connectivity index (χ4v) is 0.626. The molecule has 96 valence electrons. The first-order valence-electron chi connectivity index (χ1n) is 5.70. The number of nitrogens with two attached hydrogens (primary N) is 1. The Morgan fingerprint density at radius 3 is 2.59 bits per heavy atom. The first-order valence-corrected chi connectivity index (χ1v) is 5.70. The lowest BCUT2D eigenvalue weighted by Crippen LogP contribution is -2.24. The second-order valence-electron chi connectivity index (χ2n) is 3.10. The summed E-state index contributed by atoms with van der Waals surface area (Å²) in [5.41, 5.74) is 5.24. The van der Waals surface area contributed by atoms with Gasteiger partial charge >= 0.3 is 0 Å². The van der Waals surface area contributed by atoms with Crippen molar-refractivity contribution < 1.29 is 9.53 Å². The van der Waals surface area contributed by atoms with Crippen molar-refractivity contribution in [1.82, 2.24) is 5.32 Å². The van der Waals surface area contributed by atoms with Crippen molar-refractivity contribution in [2.24, 2.45) is 5.73 Å². The zero-order valence-corrected chi connectivity index (χ0v) is 10.7. The van der Waals surface area contributed by atoms with Crippen LogP contribution in [0.3, 0.4) is 0 Å². The van der Waals surface area contributed by atoms with Gasteiger partial charge in [-0.05, 0) is 18.9 Å². The topological polar surface area (TPSA) is 64.3 Å². The average Bonchev–Trinajstić information content (AvgIpc) is 2.30. The summed E-state index contributed by atoms with van der Waals surface area (Å²) in [6.45, 7) is 5.74. The lowest BCUT2D eigenvalue weighted by atomic mass is 10.4. The molecule has 0 saturated heterocycles. The third-order valence-corrected chi connectivity index (χ3v) is 1.23. The van der Waals surface area contributed by atoms with Crippen LogP contribution < -0.4 is 11.1 Å². The normalized spacial score (nSPS) is 7.88.